The van der Waals surface area contributed by atoms with Gasteiger partial charge in [-0.25, -0.2) is 12.8 Å². The molecule has 11 heteroatoms. The number of aromatic nitrogens is 2. The zero-order chi connectivity index (χ0) is 23.4. The van der Waals surface area contributed by atoms with Crippen molar-refractivity contribution in [3.8, 4) is 16.3 Å². The van der Waals surface area contributed by atoms with Crippen LogP contribution in [-0.4, -0.2) is 31.6 Å². The molecule has 1 aromatic heterocycles. The number of halogens is 1. The van der Waals surface area contributed by atoms with Crippen LogP contribution in [0.1, 0.15) is 10.4 Å². The minimum atomic E-state index is -4.09. The zero-order valence-corrected chi connectivity index (χ0v) is 18.8. The van der Waals surface area contributed by atoms with E-state index in [1.807, 2.05) is 30.3 Å². The average Bonchev–Trinajstić information content (AvgIpc) is 3.28. The van der Waals surface area contributed by atoms with Crippen LogP contribution >= 0.6 is 11.3 Å². The Balaban J connectivity index is 1.61. The fraction of sp³-hybridized carbons (Fsp3) is 0.0455. The van der Waals surface area contributed by atoms with Gasteiger partial charge in [0.05, 0.1) is 23.3 Å². The number of benzene rings is 3. The third kappa shape index (κ3) is 5.16. The topological polar surface area (TPSA) is 110 Å². The van der Waals surface area contributed by atoms with Crippen LogP contribution in [0.15, 0.2) is 77.7 Å². The summed E-state index contributed by atoms with van der Waals surface area (Å²) < 4.78 is 46.3. The second-order valence-corrected chi connectivity index (χ2v) is 9.36. The normalized spacial score (nSPS) is 11.1. The highest BCUT2D eigenvalue weighted by Crippen LogP contribution is 2.29. The highest BCUT2D eigenvalue weighted by Gasteiger charge is 2.21. The van der Waals surface area contributed by atoms with E-state index >= 15 is 0 Å². The van der Waals surface area contributed by atoms with E-state index in [2.05, 4.69) is 20.2 Å². The molecule has 0 fully saturated rings. The summed E-state index contributed by atoms with van der Waals surface area (Å²) in [6.45, 7) is 0. The zero-order valence-electron chi connectivity index (χ0n) is 17.2. The number of hydrogen-bond donors (Lipinski definition) is 2. The van der Waals surface area contributed by atoms with Crippen LogP contribution in [0.5, 0.6) is 5.75 Å². The van der Waals surface area contributed by atoms with Crippen LogP contribution in [0.4, 0.5) is 15.2 Å². The molecule has 2 N–H and O–H groups in total. The Morgan fingerprint density at radius 2 is 1.73 bits per heavy atom. The van der Waals surface area contributed by atoms with Gasteiger partial charge in [0.2, 0.25) is 5.13 Å². The molecule has 4 rings (SSSR count). The van der Waals surface area contributed by atoms with E-state index < -0.39 is 21.7 Å². The molecule has 33 heavy (non-hydrogen) atoms. The molecule has 0 bridgehead atoms. The van der Waals surface area contributed by atoms with Gasteiger partial charge in [-0.1, -0.05) is 41.7 Å². The molecule has 8 nitrogen and oxygen atoms in total. The predicted octanol–water partition coefficient (Wildman–Crippen LogP) is 4.41. The molecule has 0 unspecified atom stereocenters. The van der Waals surface area contributed by atoms with Gasteiger partial charge in [0.25, 0.3) is 15.9 Å². The molecule has 0 aliphatic carbocycles. The summed E-state index contributed by atoms with van der Waals surface area (Å²) in [6.07, 6.45) is 0. The van der Waals surface area contributed by atoms with E-state index in [4.69, 9.17) is 4.74 Å². The fourth-order valence-electron chi connectivity index (χ4n) is 2.89. The summed E-state index contributed by atoms with van der Waals surface area (Å²) in [4.78, 5) is 12.8. The largest absolute Gasteiger partial charge is 0.497 e. The number of rotatable bonds is 7. The van der Waals surface area contributed by atoms with Gasteiger partial charge in [-0.2, -0.15) is 0 Å². The second kappa shape index (κ2) is 9.35. The smallest absolute Gasteiger partial charge is 0.261 e. The number of nitrogens with one attached hydrogen (secondary N) is 2. The van der Waals surface area contributed by atoms with Crippen molar-refractivity contribution in [1.29, 1.82) is 0 Å². The van der Waals surface area contributed by atoms with Crippen molar-refractivity contribution >= 4 is 38.1 Å². The monoisotopic (exact) mass is 484 g/mol. The minimum absolute atomic E-state index is 0.0102. The number of hydrogen-bond acceptors (Lipinski definition) is 7. The molecule has 0 spiro atoms. The van der Waals surface area contributed by atoms with Gasteiger partial charge in [-0.15, -0.1) is 10.2 Å². The number of sulfonamides is 1. The summed E-state index contributed by atoms with van der Waals surface area (Å²) in [5.74, 6) is -0.821. The van der Waals surface area contributed by atoms with E-state index in [9.17, 15) is 17.6 Å². The molecule has 0 radical (unpaired) electrons. The van der Waals surface area contributed by atoms with Crippen molar-refractivity contribution < 1.29 is 22.3 Å². The summed E-state index contributed by atoms with van der Waals surface area (Å²) >= 11 is 1.18. The Kier molecular flexibility index (Phi) is 6.33. The van der Waals surface area contributed by atoms with Crippen LogP contribution < -0.4 is 14.8 Å². The van der Waals surface area contributed by atoms with E-state index in [1.54, 1.807) is 0 Å². The van der Waals surface area contributed by atoms with Crippen molar-refractivity contribution in [2.45, 2.75) is 4.90 Å². The lowest BCUT2D eigenvalue weighted by Crippen LogP contribution is -2.18. The standard InChI is InChI=1S/C22H17FN4O4S2/c1-31-16-9-12-18(19(13-16)27-33(29,30)17-10-7-15(23)8-11-17)20(28)24-22-26-25-21(32-22)14-5-3-2-4-6-14/h2-13,27H,1H3,(H,24,26,28). The van der Waals surface area contributed by atoms with Crippen molar-refractivity contribution in [2.75, 3.05) is 17.1 Å². The molecule has 0 aliphatic rings. The Labute approximate surface area is 193 Å². The van der Waals surface area contributed by atoms with Crippen molar-refractivity contribution in [3.05, 3.63) is 84.2 Å². The van der Waals surface area contributed by atoms with Gasteiger partial charge in [0.15, 0.2) is 0 Å². The first kappa shape index (κ1) is 22.4. The Morgan fingerprint density at radius 3 is 2.42 bits per heavy atom. The summed E-state index contributed by atoms with van der Waals surface area (Å²) in [6, 6.07) is 18.0. The Morgan fingerprint density at radius 1 is 1.00 bits per heavy atom. The molecular weight excluding hydrogens is 467 g/mol. The molecule has 1 heterocycles. The molecule has 0 saturated heterocycles. The van der Waals surface area contributed by atoms with E-state index in [0.29, 0.717) is 10.8 Å². The van der Waals surface area contributed by atoms with Gasteiger partial charge in [-0.3, -0.25) is 14.8 Å². The molecule has 168 valence electrons. The lowest BCUT2D eigenvalue weighted by molar-refractivity contribution is 0.102. The number of carbonyl (C=O) groups excluding carboxylic acids is 1. The first-order chi connectivity index (χ1) is 15.9. The summed E-state index contributed by atoms with van der Waals surface area (Å²) in [7, 11) is -2.68. The van der Waals surface area contributed by atoms with Crippen molar-refractivity contribution in [2.24, 2.45) is 0 Å². The van der Waals surface area contributed by atoms with Gasteiger partial charge in [-0.05, 0) is 36.4 Å². The van der Waals surface area contributed by atoms with E-state index in [-0.39, 0.29) is 21.3 Å². The fourth-order valence-corrected chi connectivity index (χ4v) is 4.70. The third-order valence-corrected chi connectivity index (χ3v) is 6.77. The summed E-state index contributed by atoms with van der Waals surface area (Å²) in [5.41, 5.74) is 0.884. The molecule has 0 atom stereocenters. The average molecular weight is 485 g/mol. The second-order valence-electron chi connectivity index (χ2n) is 6.70. The van der Waals surface area contributed by atoms with Gasteiger partial charge in [0, 0.05) is 11.6 Å². The maximum absolute atomic E-state index is 13.2. The van der Waals surface area contributed by atoms with Crippen LogP contribution in [0.25, 0.3) is 10.6 Å². The highest BCUT2D eigenvalue weighted by molar-refractivity contribution is 7.92. The van der Waals surface area contributed by atoms with Crippen molar-refractivity contribution in [3.63, 3.8) is 0 Å². The molecular formula is C22H17FN4O4S2. The molecule has 0 aliphatic heterocycles. The first-order valence-corrected chi connectivity index (χ1v) is 11.8. The lowest BCUT2D eigenvalue weighted by atomic mass is 10.1. The molecule has 1 amide bonds. The number of amides is 1. The predicted molar refractivity (Wildman–Crippen MR) is 124 cm³/mol. The number of ether oxygens (including phenoxy) is 1. The summed E-state index contributed by atoms with van der Waals surface area (Å²) in [5, 5.41) is 11.6. The lowest BCUT2D eigenvalue weighted by Gasteiger charge is -2.13. The minimum Gasteiger partial charge on any atom is -0.497 e. The number of methoxy groups -OCH3 is 1. The Bertz CT molecular complexity index is 1390. The van der Waals surface area contributed by atoms with Crippen LogP contribution in [0, 0.1) is 5.82 Å². The molecule has 3 aromatic carbocycles. The van der Waals surface area contributed by atoms with Crippen molar-refractivity contribution in [1.82, 2.24) is 10.2 Å². The highest BCUT2D eigenvalue weighted by atomic mass is 32.2. The van der Waals surface area contributed by atoms with Crippen LogP contribution in [0.3, 0.4) is 0 Å². The van der Waals surface area contributed by atoms with E-state index in [1.165, 1.54) is 36.6 Å². The first-order valence-electron chi connectivity index (χ1n) is 9.52. The SMILES string of the molecule is COc1ccc(C(=O)Nc2nnc(-c3ccccc3)s2)c(NS(=O)(=O)c2ccc(F)cc2)c1. The van der Waals surface area contributed by atoms with E-state index in [0.717, 1.165) is 29.8 Å². The maximum atomic E-state index is 13.2. The Hall–Kier alpha value is -3.83. The number of nitrogens with zero attached hydrogens (tertiary/aromatic N) is 2. The maximum Gasteiger partial charge on any atom is 0.261 e. The van der Waals surface area contributed by atoms with Gasteiger partial charge in [0.1, 0.15) is 16.6 Å². The molecule has 0 saturated carbocycles. The van der Waals surface area contributed by atoms with Crippen LogP contribution in [-0.2, 0) is 10.0 Å². The number of carbonyl (C=O) groups is 1. The quantitative estimate of drug-likeness (QED) is 0.402. The number of anilines is 2. The van der Waals surface area contributed by atoms with Gasteiger partial charge >= 0.3 is 0 Å². The van der Waals surface area contributed by atoms with Crippen LogP contribution in [0.2, 0.25) is 0 Å². The third-order valence-electron chi connectivity index (χ3n) is 4.51. The van der Waals surface area contributed by atoms with Gasteiger partial charge < -0.3 is 4.74 Å². The molecule has 4 aromatic rings.